The van der Waals surface area contributed by atoms with E-state index in [4.69, 9.17) is 18.9 Å². The van der Waals surface area contributed by atoms with Crippen LogP contribution in [0.3, 0.4) is 0 Å². The maximum Gasteiger partial charge on any atom is 0.417 e. The highest BCUT2D eigenvalue weighted by atomic mass is 19.4. The van der Waals surface area contributed by atoms with Crippen LogP contribution in [0, 0.1) is 0 Å². The van der Waals surface area contributed by atoms with Gasteiger partial charge in [0.1, 0.15) is 17.2 Å². The number of aromatic nitrogens is 3. The van der Waals surface area contributed by atoms with E-state index in [0.29, 0.717) is 49.2 Å². The molecule has 182 valence electrons. The number of carbonyl (C=O) groups excluding carboxylic acids is 1. The summed E-state index contributed by atoms with van der Waals surface area (Å²) in [5.74, 6) is 1.43. The van der Waals surface area contributed by atoms with E-state index in [1.165, 1.54) is 24.8 Å². The van der Waals surface area contributed by atoms with E-state index in [1.54, 1.807) is 24.4 Å². The average molecular weight is 479 g/mol. The van der Waals surface area contributed by atoms with Crippen molar-refractivity contribution in [2.75, 3.05) is 20.3 Å². The molecule has 0 spiro atoms. The topological polar surface area (TPSA) is 84.7 Å². The van der Waals surface area contributed by atoms with Crippen molar-refractivity contribution >= 4 is 5.97 Å². The minimum atomic E-state index is -4.46. The van der Waals surface area contributed by atoms with Crippen molar-refractivity contribution in [1.29, 1.82) is 0 Å². The van der Waals surface area contributed by atoms with E-state index >= 15 is 0 Å². The number of hydrogen-bond acceptors (Lipinski definition) is 7. The Bertz CT molecular complexity index is 1110. The normalized spacial score (nSPS) is 11.2. The fourth-order valence-electron chi connectivity index (χ4n) is 3.05. The van der Waals surface area contributed by atoms with Gasteiger partial charge in [-0.3, -0.25) is 4.79 Å². The molecule has 0 aliphatic rings. The van der Waals surface area contributed by atoms with Gasteiger partial charge in [0.15, 0.2) is 5.82 Å². The molecule has 8 nitrogen and oxygen atoms in total. The number of alkyl halides is 3. The lowest BCUT2D eigenvalue weighted by Gasteiger charge is -2.10. The lowest BCUT2D eigenvalue weighted by atomic mass is 10.2. The Balaban J connectivity index is 1.66. The van der Waals surface area contributed by atoms with Crippen molar-refractivity contribution in [2.24, 2.45) is 0 Å². The first-order valence-electron chi connectivity index (χ1n) is 10.4. The predicted octanol–water partition coefficient (Wildman–Crippen LogP) is 4.63. The number of carbonyl (C=O) groups is 1. The second-order valence-electron chi connectivity index (χ2n) is 7.13. The molecule has 0 amide bonds. The molecule has 0 aliphatic carbocycles. The number of halogens is 3. The zero-order valence-corrected chi connectivity index (χ0v) is 18.9. The quantitative estimate of drug-likeness (QED) is 0.238. The molecule has 3 aromatic rings. The van der Waals surface area contributed by atoms with E-state index in [9.17, 15) is 18.0 Å². The summed E-state index contributed by atoms with van der Waals surface area (Å²) >= 11 is 0. The summed E-state index contributed by atoms with van der Waals surface area (Å²) in [6.45, 7) is 3.83. The Morgan fingerprint density at radius 2 is 1.82 bits per heavy atom. The zero-order valence-electron chi connectivity index (χ0n) is 18.9. The van der Waals surface area contributed by atoms with Crippen LogP contribution in [0.25, 0.3) is 5.82 Å². The first-order valence-corrected chi connectivity index (χ1v) is 10.4. The highest BCUT2D eigenvalue weighted by molar-refractivity contribution is 5.69. The van der Waals surface area contributed by atoms with Gasteiger partial charge in [-0.15, -0.1) is 5.10 Å². The summed E-state index contributed by atoms with van der Waals surface area (Å²) in [4.78, 5) is 15.1. The third-order valence-electron chi connectivity index (χ3n) is 4.55. The molecular weight excluding hydrogens is 455 g/mol. The number of hydrogen-bond donors (Lipinski definition) is 0. The van der Waals surface area contributed by atoms with Crippen LogP contribution in [-0.4, -0.2) is 41.1 Å². The van der Waals surface area contributed by atoms with Crippen molar-refractivity contribution in [1.82, 2.24) is 14.8 Å². The van der Waals surface area contributed by atoms with Crippen molar-refractivity contribution in [3.8, 4) is 28.9 Å². The number of methoxy groups -OCH3 is 1. The van der Waals surface area contributed by atoms with Crippen LogP contribution in [0.2, 0.25) is 0 Å². The summed E-state index contributed by atoms with van der Waals surface area (Å²) in [6.07, 6.45) is -0.893. The van der Waals surface area contributed by atoms with Crippen LogP contribution in [0.1, 0.15) is 31.4 Å². The second kappa shape index (κ2) is 10.9. The Kier molecular flexibility index (Phi) is 7.98. The van der Waals surface area contributed by atoms with Gasteiger partial charge in [0.05, 0.1) is 25.9 Å². The Hall–Kier alpha value is -3.76. The summed E-state index contributed by atoms with van der Waals surface area (Å²) in [5, 5.41) is 4.31. The van der Waals surface area contributed by atoms with E-state index in [0.717, 1.165) is 17.8 Å². The second-order valence-corrected chi connectivity index (χ2v) is 7.13. The molecule has 0 N–H and O–H groups in total. The molecule has 0 radical (unpaired) electrons. The Morgan fingerprint density at radius 1 is 1.09 bits per heavy atom. The van der Waals surface area contributed by atoms with Gasteiger partial charge in [0, 0.05) is 43.1 Å². The van der Waals surface area contributed by atoms with Crippen molar-refractivity contribution in [3.63, 3.8) is 0 Å². The number of esters is 1. The lowest BCUT2D eigenvalue weighted by molar-refractivity contribution is -0.138. The van der Waals surface area contributed by atoms with Crippen LogP contribution < -0.4 is 18.9 Å². The molecule has 0 atom stereocenters. The molecule has 34 heavy (non-hydrogen) atoms. The van der Waals surface area contributed by atoms with Gasteiger partial charge in [-0.2, -0.15) is 13.2 Å². The van der Waals surface area contributed by atoms with Gasteiger partial charge in [-0.25, -0.2) is 9.67 Å². The molecule has 0 unspecified atom stereocenters. The molecular formula is C23H24F3N3O5. The minimum absolute atomic E-state index is 0.242. The van der Waals surface area contributed by atoms with Gasteiger partial charge >= 0.3 is 12.1 Å². The zero-order chi connectivity index (χ0) is 24.7. The SMILES string of the molecule is CCOc1nn(-c2ccc(C(F)(F)F)cn2)cc1CCCOc1cc(OC)cc(OC(C)=O)c1. The molecule has 2 heterocycles. The summed E-state index contributed by atoms with van der Waals surface area (Å²) < 4.78 is 61.4. The van der Waals surface area contributed by atoms with Crippen LogP contribution >= 0.6 is 0 Å². The Labute approximate surface area is 194 Å². The summed E-state index contributed by atoms with van der Waals surface area (Å²) in [6, 6.07) is 7.04. The third-order valence-corrected chi connectivity index (χ3v) is 4.55. The molecule has 1 aromatic carbocycles. The van der Waals surface area contributed by atoms with Crippen LogP contribution in [0.15, 0.2) is 42.7 Å². The molecule has 0 bridgehead atoms. The van der Waals surface area contributed by atoms with Crippen molar-refractivity contribution < 1.29 is 36.9 Å². The molecule has 0 aliphatic heterocycles. The maximum atomic E-state index is 12.8. The first kappa shape index (κ1) is 24.9. The van der Waals surface area contributed by atoms with Crippen LogP contribution in [-0.2, 0) is 17.4 Å². The van der Waals surface area contributed by atoms with E-state index < -0.39 is 17.7 Å². The number of aryl methyl sites for hydroxylation is 1. The molecule has 2 aromatic heterocycles. The predicted molar refractivity (Wildman–Crippen MR) is 116 cm³/mol. The first-order chi connectivity index (χ1) is 16.2. The van der Waals surface area contributed by atoms with Gasteiger partial charge in [-0.1, -0.05) is 0 Å². The maximum absolute atomic E-state index is 12.8. The van der Waals surface area contributed by atoms with Gasteiger partial charge < -0.3 is 18.9 Å². The van der Waals surface area contributed by atoms with Crippen LogP contribution in [0.5, 0.6) is 23.1 Å². The number of benzene rings is 1. The number of pyridine rings is 1. The molecule has 0 fully saturated rings. The van der Waals surface area contributed by atoms with Crippen molar-refractivity contribution in [3.05, 3.63) is 53.9 Å². The largest absolute Gasteiger partial charge is 0.496 e. The monoisotopic (exact) mass is 479 g/mol. The van der Waals surface area contributed by atoms with Gasteiger partial charge in [-0.05, 0) is 31.9 Å². The molecule has 11 heteroatoms. The fourth-order valence-corrected chi connectivity index (χ4v) is 3.05. The standard InChI is InChI=1S/C23H24F3N3O5/c1-4-32-22-16(14-29(28-22)21-8-7-17(13-27-21)23(24,25)26)6-5-9-33-19-10-18(31-3)11-20(12-19)34-15(2)30/h7-8,10-14H,4-6,9H2,1-3H3. The van der Waals surface area contributed by atoms with E-state index in [2.05, 4.69) is 10.1 Å². The molecule has 0 saturated heterocycles. The highest BCUT2D eigenvalue weighted by Gasteiger charge is 2.30. The fraction of sp³-hybridized carbons (Fsp3) is 0.348. The highest BCUT2D eigenvalue weighted by Crippen LogP contribution is 2.30. The van der Waals surface area contributed by atoms with Gasteiger partial charge in [0.25, 0.3) is 0 Å². The lowest BCUT2D eigenvalue weighted by Crippen LogP contribution is -2.07. The van der Waals surface area contributed by atoms with Crippen LogP contribution in [0.4, 0.5) is 13.2 Å². The number of rotatable bonds is 10. The Morgan fingerprint density at radius 3 is 2.44 bits per heavy atom. The minimum Gasteiger partial charge on any atom is -0.496 e. The van der Waals surface area contributed by atoms with E-state index in [-0.39, 0.29) is 5.82 Å². The van der Waals surface area contributed by atoms with E-state index in [1.807, 2.05) is 6.92 Å². The molecule has 3 rings (SSSR count). The average Bonchev–Trinajstić information content (AvgIpc) is 3.18. The van der Waals surface area contributed by atoms with Gasteiger partial charge in [0.2, 0.25) is 5.88 Å². The third kappa shape index (κ3) is 6.63. The summed E-state index contributed by atoms with van der Waals surface area (Å²) in [5.41, 5.74) is -0.0707. The number of nitrogens with zero attached hydrogens (tertiary/aromatic N) is 3. The number of ether oxygens (including phenoxy) is 4. The molecule has 0 saturated carbocycles. The smallest absolute Gasteiger partial charge is 0.417 e. The summed E-state index contributed by atoms with van der Waals surface area (Å²) in [7, 11) is 1.50. The van der Waals surface area contributed by atoms with Crippen molar-refractivity contribution in [2.45, 2.75) is 32.9 Å².